The summed E-state index contributed by atoms with van der Waals surface area (Å²) in [7, 11) is 1.91. The lowest BCUT2D eigenvalue weighted by Crippen LogP contribution is -2.19. The summed E-state index contributed by atoms with van der Waals surface area (Å²) in [5.41, 5.74) is 1.64. The van der Waals surface area contributed by atoms with E-state index in [4.69, 9.17) is 0 Å². The molecule has 0 amide bonds. The first-order valence-electron chi connectivity index (χ1n) is 5.42. The second-order valence-corrected chi connectivity index (χ2v) is 4.74. The Balaban J connectivity index is 2.14. The molecule has 1 heterocycles. The molecule has 0 saturated carbocycles. The maximum Gasteiger partial charge on any atom is 0.225 e. The van der Waals surface area contributed by atoms with E-state index in [0.717, 1.165) is 16.3 Å². The van der Waals surface area contributed by atoms with Crippen LogP contribution in [0, 0.1) is 0 Å². The number of carbonyl (C=O) groups excluding carboxylic acids is 1. The zero-order valence-corrected chi connectivity index (χ0v) is 11.5. The summed E-state index contributed by atoms with van der Waals surface area (Å²) in [4.78, 5) is 20.7. The minimum absolute atomic E-state index is 0.480. The highest BCUT2D eigenvalue weighted by Crippen LogP contribution is 2.18. The van der Waals surface area contributed by atoms with Gasteiger partial charge in [-0.2, -0.15) is 0 Å². The Bertz CT molecular complexity index is 542. The van der Waals surface area contributed by atoms with Crippen molar-refractivity contribution in [3.8, 4) is 0 Å². The predicted molar refractivity (Wildman–Crippen MR) is 73.7 cm³/mol. The summed E-state index contributed by atoms with van der Waals surface area (Å²) >= 11 is 3.51. The molecule has 0 aliphatic heterocycles. The van der Waals surface area contributed by atoms with Gasteiger partial charge in [-0.1, -0.05) is 34.1 Å². The van der Waals surface area contributed by atoms with E-state index in [9.17, 15) is 4.79 Å². The molecule has 0 spiro atoms. The lowest BCUT2D eigenvalue weighted by Gasteiger charge is -2.17. The zero-order chi connectivity index (χ0) is 13.0. The van der Waals surface area contributed by atoms with E-state index in [1.165, 1.54) is 12.4 Å². The molecule has 0 saturated heterocycles. The fourth-order valence-electron chi connectivity index (χ4n) is 1.54. The zero-order valence-electron chi connectivity index (χ0n) is 9.88. The van der Waals surface area contributed by atoms with Crippen LogP contribution in [-0.2, 0) is 6.54 Å². The summed E-state index contributed by atoms with van der Waals surface area (Å²) in [5, 5.41) is 0. The highest BCUT2D eigenvalue weighted by atomic mass is 79.9. The van der Waals surface area contributed by atoms with Crippen LogP contribution in [0.15, 0.2) is 41.1 Å². The van der Waals surface area contributed by atoms with Crippen LogP contribution in [-0.4, -0.2) is 23.3 Å². The Morgan fingerprint density at radius 1 is 1.28 bits per heavy atom. The molecule has 0 bridgehead atoms. The van der Waals surface area contributed by atoms with Crippen LogP contribution in [0.3, 0.4) is 0 Å². The number of aldehydes is 1. The standard InChI is InChI=1S/C13H12BrN3O/c1-17(8-11-4-2-3-5-12(11)14)13-15-6-10(9-18)7-16-13/h2-7,9H,8H2,1H3. The first-order chi connectivity index (χ1) is 8.70. The first kappa shape index (κ1) is 12.7. The van der Waals surface area contributed by atoms with Gasteiger partial charge in [0, 0.05) is 30.5 Å². The number of benzene rings is 1. The Morgan fingerprint density at radius 2 is 1.94 bits per heavy atom. The van der Waals surface area contributed by atoms with Gasteiger partial charge in [0.2, 0.25) is 5.95 Å². The first-order valence-corrected chi connectivity index (χ1v) is 6.22. The number of carbonyl (C=O) groups is 1. The quantitative estimate of drug-likeness (QED) is 0.815. The summed E-state index contributed by atoms with van der Waals surface area (Å²) in [6.45, 7) is 0.696. The van der Waals surface area contributed by atoms with E-state index in [0.29, 0.717) is 18.1 Å². The van der Waals surface area contributed by atoms with Crippen LogP contribution in [0.25, 0.3) is 0 Å². The molecule has 2 aromatic rings. The van der Waals surface area contributed by atoms with Crippen LogP contribution in [0.4, 0.5) is 5.95 Å². The molecule has 0 aliphatic rings. The Kier molecular flexibility index (Phi) is 4.04. The molecule has 4 nitrogen and oxygen atoms in total. The number of anilines is 1. The number of rotatable bonds is 4. The molecule has 92 valence electrons. The van der Waals surface area contributed by atoms with Crippen LogP contribution >= 0.6 is 15.9 Å². The van der Waals surface area contributed by atoms with Gasteiger partial charge in [-0.3, -0.25) is 4.79 Å². The number of halogens is 1. The van der Waals surface area contributed by atoms with E-state index >= 15 is 0 Å². The van der Waals surface area contributed by atoms with Crippen molar-refractivity contribution in [2.24, 2.45) is 0 Å². The van der Waals surface area contributed by atoms with Gasteiger partial charge >= 0.3 is 0 Å². The number of nitrogens with zero attached hydrogens (tertiary/aromatic N) is 3. The molecule has 0 unspecified atom stereocenters. The molecule has 0 aliphatic carbocycles. The lowest BCUT2D eigenvalue weighted by molar-refractivity contribution is 0.112. The second-order valence-electron chi connectivity index (χ2n) is 3.88. The van der Waals surface area contributed by atoms with E-state index in [1.807, 2.05) is 36.2 Å². The fourth-order valence-corrected chi connectivity index (χ4v) is 1.95. The van der Waals surface area contributed by atoms with Crippen molar-refractivity contribution < 1.29 is 4.79 Å². The third-order valence-corrected chi connectivity index (χ3v) is 3.27. The van der Waals surface area contributed by atoms with Gasteiger partial charge in [0.15, 0.2) is 6.29 Å². The van der Waals surface area contributed by atoms with Crippen molar-refractivity contribution in [3.05, 3.63) is 52.3 Å². The average Bonchev–Trinajstić information content (AvgIpc) is 2.41. The third kappa shape index (κ3) is 2.92. The number of hydrogen-bond acceptors (Lipinski definition) is 4. The van der Waals surface area contributed by atoms with Crippen LogP contribution < -0.4 is 4.90 Å². The van der Waals surface area contributed by atoms with E-state index in [1.54, 1.807) is 0 Å². The molecule has 0 N–H and O–H groups in total. The van der Waals surface area contributed by atoms with Crippen molar-refractivity contribution in [3.63, 3.8) is 0 Å². The van der Waals surface area contributed by atoms with Gasteiger partial charge in [-0.05, 0) is 11.6 Å². The minimum Gasteiger partial charge on any atom is -0.340 e. The molecule has 1 aromatic carbocycles. The van der Waals surface area contributed by atoms with Crippen molar-refractivity contribution in [2.75, 3.05) is 11.9 Å². The molecule has 5 heteroatoms. The second kappa shape index (κ2) is 5.73. The predicted octanol–water partition coefficient (Wildman–Crippen LogP) is 2.69. The maximum absolute atomic E-state index is 10.5. The van der Waals surface area contributed by atoms with Gasteiger partial charge in [0.05, 0.1) is 5.56 Å². The Morgan fingerprint density at radius 3 is 2.56 bits per heavy atom. The largest absolute Gasteiger partial charge is 0.340 e. The van der Waals surface area contributed by atoms with E-state index in [2.05, 4.69) is 25.9 Å². The van der Waals surface area contributed by atoms with Gasteiger partial charge in [0.1, 0.15) is 0 Å². The lowest BCUT2D eigenvalue weighted by atomic mass is 10.2. The molecule has 2 rings (SSSR count). The summed E-state index contributed by atoms with van der Waals surface area (Å²) in [6.07, 6.45) is 3.77. The van der Waals surface area contributed by atoms with Crippen molar-refractivity contribution >= 4 is 28.2 Å². The highest BCUT2D eigenvalue weighted by Gasteiger charge is 2.07. The summed E-state index contributed by atoms with van der Waals surface area (Å²) < 4.78 is 1.06. The van der Waals surface area contributed by atoms with Gasteiger partial charge in [-0.25, -0.2) is 9.97 Å². The SMILES string of the molecule is CN(Cc1ccccc1Br)c1ncc(C=O)cn1. The maximum atomic E-state index is 10.5. The van der Waals surface area contributed by atoms with Gasteiger partial charge < -0.3 is 4.90 Å². The molecule has 0 atom stereocenters. The third-order valence-electron chi connectivity index (χ3n) is 2.50. The molecule has 18 heavy (non-hydrogen) atoms. The van der Waals surface area contributed by atoms with E-state index < -0.39 is 0 Å². The van der Waals surface area contributed by atoms with Crippen molar-refractivity contribution in [1.29, 1.82) is 0 Å². The van der Waals surface area contributed by atoms with Crippen LogP contribution in [0.1, 0.15) is 15.9 Å². The fraction of sp³-hybridized carbons (Fsp3) is 0.154. The topological polar surface area (TPSA) is 46.1 Å². The Hall–Kier alpha value is -1.75. The molecule has 0 fully saturated rings. The highest BCUT2D eigenvalue weighted by molar-refractivity contribution is 9.10. The smallest absolute Gasteiger partial charge is 0.225 e. The monoisotopic (exact) mass is 305 g/mol. The minimum atomic E-state index is 0.480. The summed E-state index contributed by atoms with van der Waals surface area (Å²) in [5.74, 6) is 0.594. The van der Waals surface area contributed by atoms with Crippen LogP contribution in [0.2, 0.25) is 0 Å². The van der Waals surface area contributed by atoms with Gasteiger partial charge in [-0.15, -0.1) is 0 Å². The number of hydrogen-bond donors (Lipinski definition) is 0. The van der Waals surface area contributed by atoms with Gasteiger partial charge in [0.25, 0.3) is 0 Å². The van der Waals surface area contributed by atoms with Crippen molar-refractivity contribution in [1.82, 2.24) is 9.97 Å². The average molecular weight is 306 g/mol. The number of aromatic nitrogens is 2. The normalized spacial score (nSPS) is 10.1. The van der Waals surface area contributed by atoms with Crippen LogP contribution in [0.5, 0.6) is 0 Å². The summed E-state index contributed by atoms with van der Waals surface area (Å²) in [6, 6.07) is 8.01. The molecular weight excluding hydrogens is 294 g/mol. The Labute approximate surface area is 114 Å². The van der Waals surface area contributed by atoms with E-state index in [-0.39, 0.29) is 0 Å². The molecular formula is C13H12BrN3O. The van der Waals surface area contributed by atoms with Crippen molar-refractivity contribution in [2.45, 2.75) is 6.54 Å². The molecule has 1 aromatic heterocycles. The molecule has 0 radical (unpaired) electrons.